The number of urea groups is 1. The third kappa shape index (κ3) is 3.79. The van der Waals surface area contributed by atoms with Crippen molar-refractivity contribution >= 4 is 29.4 Å². The van der Waals surface area contributed by atoms with E-state index in [0.717, 1.165) is 6.07 Å². The normalized spacial score (nSPS) is 10.7. The molecule has 0 heterocycles. The highest BCUT2D eigenvalue weighted by atomic mass is 35.5. The molecule has 22 heavy (non-hydrogen) atoms. The largest absolute Gasteiger partial charge is 0.323 e. The molecule has 114 valence electrons. The number of hydrogen-bond acceptors (Lipinski definition) is 1. The first-order valence-corrected chi connectivity index (χ1v) is 6.49. The van der Waals surface area contributed by atoms with Crippen molar-refractivity contribution in [1.29, 1.82) is 0 Å². The topological polar surface area (TPSA) is 41.1 Å². The van der Waals surface area contributed by atoms with Gasteiger partial charge in [-0.15, -0.1) is 0 Å². The summed E-state index contributed by atoms with van der Waals surface area (Å²) in [7, 11) is 0. The average molecular weight is 327 g/mol. The molecule has 0 saturated heterocycles. The molecule has 0 aliphatic carbocycles. The Hall–Kier alpha value is -2.47. The van der Waals surface area contributed by atoms with Gasteiger partial charge in [-0.25, -0.2) is 18.0 Å². The lowest BCUT2D eigenvalue weighted by atomic mass is 10.2. The smallest absolute Gasteiger partial charge is 0.314 e. The molecule has 0 atom stereocenters. The lowest BCUT2D eigenvalue weighted by molar-refractivity contribution is 0.255. The van der Waals surface area contributed by atoms with Crippen molar-refractivity contribution in [2.45, 2.75) is 0 Å². The Morgan fingerprint density at radius 3 is 2.50 bits per heavy atom. The molecule has 0 aliphatic rings. The van der Waals surface area contributed by atoms with Crippen LogP contribution in [0.1, 0.15) is 5.56 Å². The molecule has 0 radical (unpaired) electrons. The summed E-state index contributed by atoms with van der Waals surface area (Å²) < 4.78 is 39.1. The summed E-state index contributed by atoms with van der Waals surface area (Å²) in [5, 5.41) is 4.85. The van der Waals surface area contributed by atoms with Crippen LogP contribution in [0, 0.1) is 17.5 Å². The fraction of sp³-hybridized carbons (Fsp3) is 0. The van der Waals surface area contributed by atoms with Crippen molar-refractivity contribution in [3.05, 3.63) is 70.6 Å². The first kappa shape index (κ1) is 15.9. The van der Waals surface area contributed by atoms with Crippen molar-refractivity contribution in [3.63, 3.8) is 0 Å². The molecule has 0 spiro atoms. The molecule has 3 nitrogen and oxygen atoms in total. The van der Waals surface area contributed by atoms with E-state index in [2.05, 4.69) is 10.6 Å². The van der Waals surface area contributed by atoms with Crippen LogP contribution in [0.15, 0.2) is 42.6 Å². The molecular formula is C15H10ClF3N2O. The van der Waals surface area contributed by atoms with Gasteiger partial charge < -0.3 is 10.6 Å². The minimum absolute atomic E-state index is 0.470. The highest BCUT2D eigenvalue weighted by Crippen LogP contribution is 2.19. The lowest BCUT2D eigenvalue weighted by Crippen LogP contribution is -2.24. The summed E-state index contributed by atoms with van der Waals surface area (Å²) in [6.45, 7) is 0. The van der Waals surface area contributed by atoms with Gasteiger partial charge in [0.25, 0.3) is 0 Å². The molecule has 0 aliphatic heterocycles. The van der Waals surface area contributed by atoms with Crippen LogP contribution in [0.5, 0.6) is 0 Å². The highest BCUT2D eigenvalue weighted by molar-refractivity contribution is 6.32. The van der Waals surface area contributed by atoms with E-state index in [-0.39, 0.29) is 0 Å². The SMILES string of the molecule is O=C(N/C=C/c1ccccc1Cl)Nc1ccc(F)c(F)c1F. The number of hydrogen-bond donors (Lipinski definition) is 2. The summed E-state index contributed by atoms with van der Waals surface area (Å²) in [5.74, 6) is -4.45. The van der Waals surface area contributed by atoms with Gasteiger partial charge in [-0.3, -0.25) is 0 Å². The Balaban J connectivity index is 1.99. The summed E-state index contributed by atoms with van der Waals surface area (Å²) in [6, 6.07) is 7.76. The van der Waals surface area contributed by atoms with E-state index < -0.39 is 29.2 Å². The molecule has 2 N–H and O–H groups in total. The van der Waals surface area contributed by atoms with Crippen molar-refractivity contribution in [3.8, 4) is 0 Å². The van der Waals surface area contributed by atoms with E-state index in [1.807, 2.05) is 0 Å². The number of anilines is 1. The van der Waals surface area contributed by atoms with Crippen LogP contribution in [0.4, 0.5) is 23.7 Å². The Labute approximate surface area is 129 Å². The zero-order valence-electron chi connectivity index (χ0n) is 11.0. The molecular weight excluding hydrogens is 317 g/mol. The Bertz CT molecular complexity index is 735. The van der Waals surface area contributed by atoms with Gasteiger partial charge in [-0.2, -0.15) is 0 Å². The van der Waals surface area contributed by atoms with Crippen LogP contribution in [0.3, 0.4) is 0 Å². The van der Waals surface area contributed by atoms with E-state index in [0.29, 0.717) is 16.7 Å². The van der Waals surface area contributed by atoms with Gasteiger partial charge in [0, 0.05) is 11.2 Å². The number of carbonyl (C=O) groups is 1. The van der Waals surface area contributed by atoms with E-state index in [1.165, 1.54) is 12.3 Å². The zero-order valence-corrected chi connectivity index (χ0v) is 11.8. The van der Waals surface area contributed by atoms with Gasteiger partial charge in [0.15, 0.2) is 17.5 Å². The summed E-state index contributed by atoms with van der Waals surface area (Å²) in [5.41, 5.74) is 0.200. The zero-order chi connectivity index (χ0) is 16.1. The van der Waals surface area contributed by atoms with Gasteiger partial charge in [0.1, 0.15) is 0 Å². The van der Waals surface area contributed by atoms with E-state index >= 15 is 0 Å². The van der Waals surface area contributed by atoms with Crippen molar-refractivity contribution in [1.82, 2.24) is 5.32 Å². The Morgan fingerprint density at radius 1 is 1.05 bits per heavy atom. The predicted octanol–water partition coefficient (Wildman–Crippen LogP) is 4.55. The monoisotopic (exact) mass is 326 g/mol. The second kappa shape index (κ2) is 7.00. The number of nitrogens with one attached hydrogen (secondary N) is 2. The summed E-state index contributed by atoms with van der Waals surface area (Å²) in [4.78, 5) is 11.5. The molecule has 2 rings (SSSR count). The van der Waals surface area contributed by atoms with Gasteiger partial charge in [0.2, 0.25) is 0 Å². The number of benzene rings is 2. The van der Waals surface area contributed by atoms with E-state index in [4.69, 9.17) is 11.6 Å². The van der Waals surface area contributed by atoms with Crippen LogP contribution in [-0.2, 0) is 0 Å². The van der Waals surface area contributed by atoms with Gasteiger partial charge >= 0.3 is 6.03 Å². The van der Waals surface area contributed by atoms with Gasteiger partial charge in [-0.05, 0) is 29.8 Å². The van der Waals surface area contributed by atoms with Crippen LogP contribution >= 0.6 is 11.6 Å². The third-order valence-electron chi connectivity index (χ3n) is 2.67. The predicted molar refractivity (Wildman–Crippen MR) is 79.0 cm³/mol. The fourth-order valence-electron chi connectivity index (χ4n) is 1.60. The molecule has 2 aromatic rings. The fourth-order valence-corrected chi connectivity index (χ4v) is 1.80. The molecule has 0 bridgehead atoms. The number of amides is 2. The van der Waals surface area contributed by atoms with Crippen LogP contribution < -0.4 is 10.6 Å². The van der Waals surface area contributed by atoms with E-state index in [1.54, 1.807) is 24.3 Å². The molecule has 0 fully saturated rings. The van der Waals surface area contributed by atoms with Crippen LogP contribution in [-0.4, -0.2) is 6.03 Å². The first-order valence-electron chi connectivity index (χ1n) is 6.11. The maximum absolute atomic E-state index is 13.4. The maximum atomic E-state index is 13.4. The molecule has 0 saturated carbocycles. The van der Waals surface area contributed by atoms with Crippen LogP contribution in [0.2, 0.25) is 5.02 Å². The second-order valence-electron chi connectivity index (χ2n) is 4.18. The minimum atomic E-state index is -1.65. The van der Waals surface area contributed by atoms with E-state index in [9.17, 15) is 18.0 Å². The minimum Gasteiger partial charge on any atom is -0.314 e. The molecule has 0 unspecified atom stereocenters. The molecule has 2 amide bonds. The molecule has 0 aromatic heterocycles. The Kier molecular flexibility index (Phi) is 5.06. The molecule has 7 heteroatoms. The van der Waals surface area contributed by atoms with Crippen molar-refractivity contribution in [2.75, 3.05) is 5.32 Å². The van der Waals surface area contributed by atoms with Crippen LogP contribution in [0.25, 0.3) is 6.08 Å². The maximum Gasteiger partial charge on any atom is 0.323 e. The highest BCUT2D eigenvalue weighted by Gasteiger charge is 2.14. The second-order valence-corrected chi connectivity index (χ2v) is 4.58. The summed E-state index contributed by atoms with van der Waals surface area (Å²) >= 11 is 5.92. The first-order chi connectivity index (χ1) is 10.5. The van der Waals surface area contributed by atoms with Gasteiger partial charge in [0.05, 0.1) is 5.69 Å². The lowest BCUT2D eigenvalue weighted by Gasteiger charge is -2.06. The number of rotatable bonds is 3. The quantitative estimate of drug-likeness (QED) is 0.798. The van der Waals surface area contributed by atoms with Crippen molar-refractivity contribution in [2.24, 2.45) is 0 Å². The standard InChI is InChI=1S/C15H10ClF3N2O/c16-10-4-2-1-3-9(10)7-8-20-15(22)21-12-6-5-11(17)13(18)14(12)19/h1-8H,(H2,20,21,22)/b8-7+. The van der Waals surface area contributed by atoms with Gasteiger partial charge in [-0.1, -0.05) is 29.8 Å². The summed E-state index contributed by atoms with van der Waals surface area (Å²) in [6.07, 6.45) is 2.82. The Morgan fingerprint density at radius 2 is 1.77 bits per heavy atom. The number of halogens is 4. The van der Waals surface area contributed by atoms with Crippen molar-refractivity contribution < 1.29 is 18.0 Å². The molecule has 2 aromatic carbocycles. The number of carbonyl (C=O) groups excluding carboxylic acids is 1. The third-order valence-corrected chi connectivity index (χ3v) is 3.01. The average Bonchev–Trinajstić information content (AvgIpc) is 2.50.